The van der Waals surface area contributed by atoms with Gasteiger partial charge < -0.3 is 20.3 Å². The Morgan fingerprint density at radius 3 is 2.45 bits per heavy atom. The average molecular weight is 401 g/mol. The van der Waals surface area contributed by atoms with Crippen molar-refractivity contribution < 1.29 is 18.3 Å². The maximum atomic E-state index is 14.7. The van der Waals surface area contributed by atoms with Crippen molar-refractivity contribution in [2.75, 3.05) is 23.3 Å². The van der Waals surface area contributed by atoms with Crippen molar-refractivity contribution in [1.82, 2.24) is 5.32 Å². The molecule has 2 fully saturated rings. The highest BCUT2D eigenvalue weighted by Gasteiger charge is 2.45. The summed E-state index contributed by atoms with van der Waals surface area (Å²) in [6, 6.07) is 10.5. The molecule has 0 unspecified atom stereocenters. The number of ether oxygens (including phenoxy) is 1. The number of nitrogens with one attached hydrogen (secondary N) is 2. The van der Waals surface area contributed by atoms with E-state index in [0.717, 1.165) is 18.4 Å². The molecule has 2 aromatic rings. The average Bonchev–Trinajstić information content (AvgIpc) is 3.41. The molecule has 2 aliphatic rings. The summed E-state index contributed by atoms with van der Waals surface area (Å²) in [4.78, 5) is 14.4. The van der Waals surface area contributed by atoms with Crippen LogP contribution in [-0.2, 0) is 10.3 Å². The van der Waals surface area contributed by atoms with Crippen LogP contribution in [0.5, 0.6) is 0 Å². The van der Waals surface area contributed by atoms with Crippen LogP contribution in [0.25, 0.3) is 0 Å². The number of rotatable bonds is 4. The molecule has 2 N–H and O–H groups in total. The number of nitrogens with zero attached hydrogens (tertiary/aromatic N) is 1. The van der Waals surface area contributed by atoms with E-state index in [-0.39, 0.29) is 18.0 Å². The lowest BCUT2D eigenvalue weighted by Crippen LogP contribution is -2.45. The van der Waals surface area contributed by atoms with Gasteiger partial charge in [-0.1, -0.05) is 12.1 Å². The highest BCUT2D eigenvalue weighted by molar-refractivity contribution is 5.90. The third kappa shape index (κ3) is 4.34. The van der Waals surface area contributed by atoms with Crippen molar-refractivity contribution in [3.8, 4) is 0 Å². The lowest BCUT2D eigenvalue weighted by Gasteiger charge is -2.37. The minimum absolute atomic E-state index is 0.0271. The molecule has 1 saturated heterocycles. The molecular weight excluding hydrogens is 376 g/mol. The molecule has 2 atom stereocenters. The molecule has 1 aliphatic heterocycles. The molecule has 0 radical (unpaired) electrons. The number of hydrogen-bond donors (Lipinski definition) is 2. The quantitative estimate of drug-likeness (QED) is 0.799. The van der Waals surface area contributed by atoms with Gasteiger partial charge in [-0.05, 0) is 62.6 Å². The predicted molar refractivity (Wildman–Crippen MR) is 108 cm³/mol. The smallest absolute Gasteiger partial charge is 0.319 e. The van der Waals surface area contributed by atoms with E-state index in [4.69, 9.17) is 4.74 Å². The van der Waals surface area contributed by atoms with Crippen LogP contribution in [-0.4, -0.2) is 31.3 Å². The second kappa shape index (κ2) is 7.63. The normalized spacial score (nSPS) is 22.8. The number of halogens is 2. The maximum absolute atomic E-state index is 14.7. The third-order valence-corrected chi connectivity index (χ3v) is 5.45. The van der Waals surface area contributed by atoms with Crippen LogP contribution in [0.1, 0.15) is 32.3 Å². The van der Waals surface area contributed by atoms with Gasteiger partial charge in [0.1, 0.15) is 11.6 Å². The van der Waals surface area contributed by atoms with E-state index in [1.807, 2.05) is 18.7 Å². The number of carbonyl (C=O) groups is 1. The van der Waals surface area contributed by atoms with E-state index >= 15 is 0 Å². The molecule has 1 aliphatic carbocycles. The van der Waals surface area contributed by atoms with E-state index in [1.54, 1.807) is 24.3 Å². The van der Waals surface area contributed by atoms with Gasteiger partial charge in [-0.25, -0.2) is 13.6 Å². The van der Waals surface area contributed by atoms with Crippen LogP contribution in [0.2, 0.25) is 0 Å². The van der Waals surface area contributed by atoms with Gasteiger partial charge in [-0.2, -0.15) is 0 Å². The summed E-state index contributed by atoms with van der Waals surface area (Å²) >= 11 is 0. The molecule has 0 aromatic heterocycles. The van der Waals surface area contributed by atoms with Gasteiger partial charge in [-0.15, -0.1) is 0 Å². The van der Waals surface area contributed by atoms with Crippen molar-refractivity contribution in [1.29, 1.82) is 0 Å². The standard InChI is InChI=1S/C22H25F2N3O2/c1-14-12-27(13-15(2)29-14)20-7-6-18(11-19(20)24)25-21(28)26-22(8-9-22)16-4-3-5-17(23)10-16/h3-7,10-11,14-15H,8-9,12-13H2,1-2H3,(H2,25,26,28)/t14-,15-/m0/s1. The third-order valence-electron chi connectivity index (χ3n) is 5.45. The SMILES string of the molecule is C[C@H]1CN(c2ccc(NC(=O)NC3(c4cccc(F)c4)CC3)cc2F)C[C@H](C)O1. The first-order valence-corrected chi connectivity index (χ1v) is 9.90. The minimum atomic E-state index is -0.551. The molecule has 5 nitrogen and oxygen atoms in total. The first-order chi connectivity index (χ1) is 13.8. The molecule has 1 heterocycles. The van der Waals surface area contributed by atoms with Crippen molar-refractivity contribution in [3.63, 3.8) is 0 Å². The Labute approximate surface area is 169 Å². The van der Waals surface area contributed by atoms with Gasteiger partial charge in [0.15, 0.2) is 0 Å². The Morgan fingerprint density at radius 1 is 1.10 bits per heavy atom. The van der Waals surface area contributed by atoms with Crippen molar-refractivity contribution in [2.24, 2.45) is 0 Å². The number of carbonyl (C=O) groups excluding carboxylic acids is 1. The van der Waals surface area contributed by atoms with Gasteiger partial charge in [0.25, 0.3) is 0 Å². The van der Waals surface area contributed by atoms with Crippen molar-refractivity contribution in [3.05, 3.63) is 59.7 Å². The van der Waals surface area contributed by atoms with Crippen LogP contribution in [0.3, 0.4) is 0 Å². The lowest BCUT2D eigenvalue weighted by atomic mass is 10.1. The monoisotopic (exact) mass is 401 g/mol. The predicted octanol–water partition coefficient (Wildman–Crippen LogP) is 4.39. The van der Waals surface area contributed by atoms with Crippen LogP contribution < -0.4 is 15.5 Å². The Morgan fingerprint density at radius 2 is 1.83 bits per heavy atom. The van der Waals surface area contributed by atoms with E-state index in [1.165, 1.54) is 18.2 Å². The highest BCUT2D eigenvalue weighted by atomic mass is 19.1. The van der Waals surface area contributed by atoms with Crippen LogP contribution in [0.15, 0.2) is 42.5 Å². The van der Waals surface area contributed by atoms with Crippen molar-refractivity contribution >= 4 is 17.4 Å². The summed E-state index contributed by atoms with van der Waals surface area (Å²) in [5.41, 5.74) is 1.05. The fourth-order valence-electron chi connectivity index (χ4n) is 3.99. The summed E-state index contributed by atoms with van der Waals surface area (Å²) in [5, 5.41) is 5.59. The molecule has 0 spiro atoms. The summed E-state index contributed by atoms with van der Waals surface area (Å²) < 4.78 is 33.9. The summed E-state index contributed by atoms with van der Waals surface area (Å²) in [7, 11) is 0. The van der Waals surface area contributed by atoms with Gasteiger partial charge in [0.05, 0.1) is 23.4 Å². The summed E-state index contributed by atoms with van der Waals surface area (Å²) in [5.74, 6) is -0.726. The zero-order valence-corrected chi connectivity index (χ0v) is 16.5. The number of benzene rings is 2. The van der Waals surface area contributed by atoms with Crippen molar-refractivity contribution in [2.45, 2.75) is 44.4 Å². The lowest BCUT2D eigenvalue weighted by molar-refractivity contribution is -0.00539. The second-order valence-electron chi connectivity index (χ2n) is 8.00. The number of morpholine rings is 1. The summed E-state index contributed by atoms with van der Waals surface area (Å²) in [6.07, 6.45) is 1.54. The van der Waals surface area contributed by atoms with E-state index < -0.39 is 17.4 Å². The van der Waals surface area contributed by atoms with Crippen LogP contribution in [0.4, 0.5) is 25.0 Å². The van der Waals surface area contributed by atoms with E-state index in [9.17, 15) is 13.6 Å². The molecule has 29 heavy (non-hydrogen) atoms. The molecule has 2 aromatic carbocycles. The van der Waals surface area contributed by atoms with Crippen LogP contribution >= 0.6 is 0 Å². The zero-order chi connectivity index (χ0) is 20.6. The van der Waals surface area contributed by atoms with E-state index in [0.29, 0.717) is 24.5 Å². The molecule has 0 bridgehead atoms. The first kappa shape index (κ1) is 19.6. The Bertz CT molecular complexity index is 907. The second-order valence-corrected chi connectivity index (χ2v) is 8.00. The van der Waals surface area contributed by atoms with Gasteiger partial charge in [0.2, 0.25) is 0 Å². The largest absolute Gasteiger partial charge is 0.372 e. The molecular formula is C22H25F2N3O2. The Hall–Kier alpha value is -2.67. The molecule has 4 rings (SSSR count). The van der Waals surface area contributed by atoms with Gasteiger partial charge >= 0.3 is 6.03 Å². The van der Waals surface area contributed by atoms with E-state index in [2.05, 4.69) is 10.6 Å². The molecule has 7 heteroatoms. The Balaban J connectivity index is 1.42. The molecule has 2 amide bonds. The van der Waals surface area contributed by atoms with Gasteiger partial charge in [0, 0.05) is 18.8 Å². The van der Waals surface area contributed by atoms with Crippen LogP contribution in [0, 0.1) is 11.6 Å². The molecule has 154 valence electrons. The summed E-state index contributed by atoms with van der Waals surface area (Å²) in [6.45, 7) is 5.16. The minimum Gasteiger partial charge on any atom is -0.372 e. The number of amides is 2. The fraction of sp³-hybridized carbons (Fsp3) is 0.409. The number of urea groups is 1. The first-order valence-electron chi connectivity index (χ1n) is 9.90. The number of anilines is 2. The number of hydrogen-bond acceptors (Lipinski definition) is 3. The zero-order valence-electron chi connectivity index (χ0n) is 16.5. The van der Waals surface area contributed by atoms with Gasteiger partial charge in [-0.3, -0.25) is 0 Å². The highest BCUT2D eigenvalue weighted by Crippen LogP contribution is 2.45. The molecule has 1 saturated carbocycles. The Kier molecular flexibility index (Phi) is 5.17. The maximum Gasteiger partial charge on any atom is 0.319 e. The fourth-order valence-corrected chi connectivity index (χ4v) is 3.99. The topological polar surface area (TPSA) is 53.6 Å².